The van der Waals surface area contributed by atoms with Crippen molar-refractivity contribution in [3.05, 3.63) is 23.8 Å². The molecule has 0 saturated heterocycles. The third kappa shape index (κ3) is 3.80. The van der Waals surface area contributed by atoms with E-state index >= 15 is 0 Å². The molecule has 0 spiro atoms. The van der Waals surface area contributed by atoms with Crippen LogP contribution in [0.3, 0.4) is 0 Å². The van der Waals surface area contributed by atoms with Crippen molar-refractivity contribution < 1.29 is 15.0 Å². The first kappa shape index (κ1) is 15.7. The maximum absolute atomic E-state index is 12.0. The van der Waals surface area contributed by atoms with Gasteiger partial charge in [0.2, 0.25) is 0 Å². The number of benzene rings is 1. The maximum Gasteiger partial charge on any atom is 0.255 e. The molecule has 0 aliphatic carbocycles. The van der Waals surface area contributed by atoms with Crippen LogP contribution in [0, 0.1) is 0 Å². The van der Waals surface area contributed by atoms with E-state index in [0.29, 0.717) is 6.54 Å². The number of rotatable bonds is 6. The predicted octanol–water partition coefficient (Wildman–Crippen LogP) is 2.75. The molecule has 5 heteroatoms. The monoisotopic (exact) mass is 283 g/mol. The highest BCUT2D eigenvalue weighted by molar-refractivity contribution is 8.00. The SMILES string of the molecule is CCC(CC)(CNC(=O)c1cc(O)ccc1O)SC. The van der Waals surface area contributed by atoms with Crippen molar-refractivity contribution in [1.82, 2.24) is 5.32 Å². The van der Waals surface area contributed by atoms with Crippen molar-refractivity contribution in [2.45, 2.75) is 31.4 Å². The molecule has 0 bridgehead atoms. The number of phenols is 2. The van der Waals surface area contributed by atoms with E-state index in [2.05, 4.69) is 19.2 Å². The van der Waals surface area contributed by atoms with E-state index in [1.165, 1.54) is 18.2 Å². The number of phenolic OH excluding ortho intramolecular Hbond substituents is 2. The van der Waals surface area contributed by atoms with Gasteiger partial charge in [-0.1, -0.05) is 13.8 Å². The Morgan fingerprint density at radius 3 is 2.47 bits per heavy atom. The van der Waals surface area contributed by atoms with E-state index in [1.54, 1.807) is 11.8 Å². The molecular formula is C14H21NO3S. The predicted molar refractivity (Wildman–Crippen MR) is 78.9 cm³/mol. The lowest BCUT2D eigenvalue weighted by Crippen LogP contribution is -2.39. The Balaban J connectivity index is 2.77. The van der Waals surface area contributed by atoms with Crippen LogP contribution in [0.1, 0.15) is 37.0 Å². The standard InChI is InChI=1S/C14H21NO3S/c1-4-14(5-2,19-3)9-15-13(18)11-8-10(16)6-7-12(11)17/h6-8,16-17H,4-5,9H2,1-3H3,(H,15,18). The average Bonchev–Trinajstić information content (AvgIpc) is 2.43. The van der Waals surface area contributed by atoms with Crippen LogP contribution in [0.4, 0.5) is 0 Å². The molecular weight excluding hydrogens is 262 g/mol. The van der Waals surface area contributed by atoms with Crippen LogP contribution in [0.15, 0.2) is 18.2 Å². The quantitative estimate of drug-likeness (QED) is 0.702. The first-order chi connectivity index (χ1) is 8.98. The van der Waals surface area contributed by atoms with Crippen molar-refractivity contribution in [2.24, 2.45) is 0 Å². The van der Waals surface area contributed by atoms with Gasteiger partial charge in [0, 0.05) is 11.3 Å². The molecule has 1 rings (SSSR count). The summed E-state index contributed by atoms with van der Waals surface area (Å²) in [7, 11) is 0. The zero-order valence-electron chi connectivity index (χ0n) is 11.6. The Kier molecular flexibility index (Phi) is 5.54. The van der Waals surface area contributed by atoms with Crippen molar-refractivity contribution in [3.63, 3.8) is 0 Å². The second kappa shape index (κ2) is 6.70. The molecule has 0 fully saturated rings. The number of carbonyl (C=O) groups excluding carboxylic acids is 1. The fourth-order valence-corrected chi connectivity index (χ4v) is 2.70. The molecule has 4 nitrogen and oxygen atoms in total. The van der Waals surface area contributed by atoms with Crippen LogP contribution < -0.4 is 5.32 Å². The van der Waals surface area contributed by atoms with Crippen molar-refractivity contribution >= 4 is 17.7 Å². The van der Waals surface area contributed by atoms with Gasteiger partial charge in [-0.15, -0.1) is 0 Å². The van der Waals surface area contributed by atoms with Crippen LogP contribution in [0.5, 0.6) is 11.5 Å². The molecule has 3 N–H and O–H groups in total. The number of hydrogen-bond acceptors (Lipinski definition) is 4. The summed E-state index contributed by atoms with van der Waals surface area (Å²) in [5.41, 5.74) is 0.0993. The molecule has 0 aliphatic rings. The zero-order chi connectivity index (χ0) is 14.5. The Morgan fingerprint density at radius 1 is 1.32 bits per heavy atom. The molecule has 1 amide bonds. The Bertz CT molecular complexity index is 436. The molecule has 19 heavy (non-hydrogen) atoms. The third-order valence-electron chi connectivity index (χ3n) is 3.52. The van der Waals surface area contributed by atoms with Crippen LogP contribution in [-0.4, -0.2) is 33.7 Å². The largest absolute Gasteiger partial charge is 0.508 e. The van der Waals surface area contributed by atoms with Gasteiger partial charge in [-0.05, 0) is 37.3 Å². The van der Waals surface area contributed by atoms with Gasteiger partial charge in [0.1, 0.15) is 11.5 Å². The number of thioether (sulfide) groups is 1. The lowest BCUT2D eigenvalue weighted by molar-refractivity contribution is 0.0946. The number of hydrogen-bond donors (Lipinski definition) is 3. The first-order valence-electron chi connectivity index (χ1n) is 6.33. The van der Waals surface area contributed by atoms with Gasteiger partial charge in [0.15, 0.2) is 0 Å². The van der Waals surface area contributed by atoms with Crippen molar-refractivity contribution in [1.29, 1.82) is 0 Å². The molecule has 106 valence electrons. The van der Waals surface area contributed by atoms with Crippen LogP contribution in [-0.2, 0) is 0 Å². The van der Waals surface area contributed by atoms with Crippen LogP contribution >= 0.6 is 11.8 Å². The fraction of sp³-hybridized carbons (Fsp3) is 0.500. The highest BCUT2D eigenvalue weighted by Crippen LogP contribution is 2.30. The normalized spacial score (nSPS) is 11.3. The number of amides is 1. The van der Waals surface area contributed by atoms with Gasteiger partial charge in [-0.2, -0.15) is 11.8 Å². The van der Waals surface area contributed by atoms with E-state index in [9.17, 15) is 15.0 Å². The van der Waals surface area contributed by atoms with Gasteiger partial charge in [0.25, 0.3) is 5.91 Å². The zero-order valence-corrected chi connectivity index (χ0v) is 12.4. The number of aromatic hydroxyl groups is 2. The summed E-state index contributed by atoms with van der Waals surface area (Å²) >= 11 is 1.74. The minimum Gasteiger partial charge on any atom is -0.508 e. The summed E-state index contributed by atoms with van der Waals surface area (Å²) < 4.78 is 0.0160. The van der Waals surface area contributed by atoms with E-state index in [4.69, 9.17) is 0 Å². The topological polar surface area (TPSA) is 69.6 Å². The number of nitrogens with one attached hydrogen (secondary N) is 1. The molecule has 0 radical (unpaired) electrons. The molecule has 0 unspecified atom stereocenters. The van der Waals surface area contributed by atoms with Crippen LogP contribution in [0.2, 0.25) is 0 Å². The highest BCUT2D eigenvalue weighted by atomic mass is 32.2. The summed E-state index contributed by atoms with van der Waals surface area (Å²) in [4.78, 5) is 12.0. The summed E-state index contributed by atoms with van der Waals surface area (Å²) in [6.45, 7) is 4.73. The van der Waals surface area contributed by atoms with Crippen LogP contribution in [0.25, 0.3) is 0 Å². The molecule has 0 atom stereocenters. The summed E-state index contributed by atoms with van der Waals surface area (Å²) in [6, 6.07) is 3.92. The maximum atomic E-state index is 12.0. The fourth-order valence-electron chi connectivity index (χ4n) is 1.90. The van der Waals surface area contributed by atoms with Gasteiger partial charge < -0.3 is 15.5 Å². The second-order valence-electron chi connectivity index (χ2n) is 4.48. The summed E-state index contributed by atoms with van der Waals surface area (Å²) in [5.74, 6) is -0.531. The average molecular weight is 283 g/mol. The van der Waals surface area contributed by atoms with Gasteiger partial charge in [-0.3, -0.25) is 4.79 Å². The van der Waals surface area contributed by atoms with E-state index in [0.717, 1.165) is 12.8 Å². The smallest absolute Gasteiger partial charge is 0.255 e. The lowest BCUT2D eigenvalue weighted by atomic mass is 10.0. The lowest BCUT2D eigenvalue weighted by Gasteiger charge is -2.29. The molecule has 0 heterocycles. The van der Waals surface area contributed by atoms with Crippen molar-refractivity contribution in [3.8, 4) is 11.5 Å². The van der Waals surface area contributed by atoms with E-state index in [-0.39, 0.29) is 27.7 Å². The molecule has 0 saturated carbocycles. The Labute approximate surface area is 118 Å². The van der Waals surface area contributed by atoms with E-state index < -0.39 is 0 Å². The first-order valence-corrected chi connectivity index (χ1v) is 7.55. The molecule has 0 aromatic heterocycles. The van der Waals surface area contributed by atoms with Gasteiger partial charge >= 0.3 is 0 Å². The minimum atomic E-state index is -0.367. The highest BCUT2D eigenvalue weighted by Gasteiger charge is 2.26. The third-order valence-corrected chi connectivity index (χ3v) is 5.11. The van der Waals surface area contributed by atoms with Gasteiger partial charge in [0.05, 0.1) is 5.56 Å². The Morgan fingerprint density at radius 2 is 1.95 bits per heavy atom. The molecule has 1 aromatic rings. The van der Waals surface area contributed by atoms with E-state index in [1.807, 2.05) is 6.26 Å². The summed E-state index contributed by atoms with van der Waals surface area (Å²) in [6.07, 6.45) is 3.94. The number of carbonyl (C=O) groups is 1. The molecule has 0 aliphatic heterocycles. The van der Waals surface area contributed by atoms with Gasteiger partial charge in [-0.25, -0.2) is 0 Å². The summed E-state index contributed by atoms with van der Waals surface area (Å²) in [5, 5.41) is 21.8. The Hall–Kier alpha value is -1.36. The second-order valence-corrected chi connectivity index (χ2v) is 5.75. The van der Waals surface area contributed by atoms with Crippen molar-refractivity contribution in [2.75, 3.05) is 12.8 Å². The molecule has 1 aromatic carbocycles. The minimum absolute atomic E-state index is 0.0160.